The van der Waals surface area contributed by atoms with Crippen LogP contribution in [0.15, 0.2) is 18.3 Å². The zero-order valence-corrected chi connectivity index (χ0v) is 12.7. The van der Waals surface area contributed by atoms with Crippen molar-refractivity contribution in [2.24, 2.45) is 0 Å². The molecule has 0 radical (unpaired) electrons. The van der Waals surface area contributed by atoms with Gasteiger partial charge in [0, 0.05) is 23.7 Å². The highest BCUT2D eigenvalue weighted by Crippen LogP contribution is 2.29. The summed E-state index contributed by atoms with van der Waals surface area (Å²) >= 11 is 13.0. The summed E-state index contributed by atoms with van der Waals surface area (Å²) in [7, 11) is 0. The number of benzene rings is 1. The molecular weight excluding hydrogens is 324 g/mol. The maximum absolute atomic E-state index is 13.8. The van der Waals surface area contributed by atoms with Crippen molar-refractivity contribution < 1.29 is 9.18 Å². The highest BCUT2D eigenvalue weighted by atomic mass is 35.5. The lowest BCUT2D eigenvalue weighted by atomic mass is 10.2. The lowest BCUT2D eigenvalue weighted by Crippen LogP contribution is -2.08. The third-order valence-corrected chi connectivity index (χ3v) is 3.75. The Labute approximate surface area is 128 Å². The van der Waals surface area contributed by atoms with Gasteiger partial charge in [-0.15, -0.1) is 11.3 Å². The van der Waals surface area contributed by atoms with Gasteiger partial charge >= 0.3 is 0 Å². The Hall–Kier alpha value is -1.37. The molecular formula is C12H10Cl2FN3OS. The Morgan fingerprint density at radius 3 is 2.75 bits per heavy atom. The quantitative estimate of drug-likeness (QED) is 0.883. The minimum absolute atomic E-state index is 0.0226. The fourth-order valence-electron chi connectivity index (χ4n) is 1.53. The van der Waals surface area contributed by atoms with Gasteiger partial charge in [0.2, 0.25) is 5.91 Å². The summed E-state index contributed by atoms with van der Waals surface area (Å²) in [6.45, 7) is 1.75. The van der Waals surface area contributed by atoms with E-state index >= 15 is 0 Å². The van der Waals surface area contributed by atoms with E-state index in [0.717, 1.165) is 4.88 Å². The van der Waals surface area contributed by atoms with E-state index in [0.29, 0.717) is 16.7 Å². The number of rotatable bonds is 4. The number of halogens is 3. The number of aromatic nitrogens is 1. The minimum atomic E-state index is -0.600. The van der Waals surface area contributed by atoms with Crippen LogP contribution in [-0.4, -0.2) is 10.9 Å². The van der Waals surface area contributed by atoms with Crippen LogP contribution in [-0.2, 0) is 11.3 Å². The average molecular weight is 334 g/mol. The van der Waals surface area contributed by atoms with Crippen LogP contribution in [0.2, 0.25) is 9.49 Å². The Morgan fingerprint density at radius 1 is 1.45 bits per heavy atom. The number of carbonyl (C=O) groups excluding carboxylic acids is 1. The molecule has 0 atom stereocenters. The van der Waals surface area contributed by atoms with Gasteiger partial charge in [-0.3, -0.25) is 4.79 Å². The molecule has 0 saturated carbocycles. The van der Waals surface area contributed by atoms with Crippen LogP contribution in [0, 0.1) is 5.82 Å². The van der Waals surface area contributed by atoms with E-state index in [1.165, 1.54) is 24.3 Å². The zero-order chi connectivity index (χ0) is 14.7. The van der Waals surface area contributed by atoms with Gasteiger partial charge in [0.05, 0.1) is 17.3 Å². The second-order valence-electron chi connectivity index (χ2n) is 3.93. The van der Waals surface area contributed by atoms with Crippen LogP contribution in [0.3, 0.4) is 0 Å². The molecule has 1 heterocycles. The molecule has 2 aromatic rings. The monoisotopic (exact) mass is 333 g/mol. The van der Waals surface area contributed by atoms with Gasteiger partial charge in [-0.2, -0.15) is 0 Å². The zero-order valence-electron chi connectivity index (χ0n) is 10.3. The summed E-state index contributed by atoms with van der Waals surface area (Å²) < 4.78 is 14.3. The lowest BCUT2D eigenvalue weighted by molar-refractivity contribution is -0.114. The molecule has 0 aliphatic rings. The molecule has 8 heteroatoms. The highest BCUT2D eigenvalue weighted by Gasteiger charge is 2.11. The number of nitrogens with one attached hydrogen (secondary N) is 2. The van der Waals surface area contributed by atoms with E-state index in [1.54, 1.807) is 12.3 Å². The normalized spacial score (nSPS) is 10.4. The third-order valence-electron chi connectivity index (χ3n) is 2.34. The Morgan fingerprint density at radius 2 is 2.20 bits per heavy atom. The molecule has 0 aliphatic carbocycles. The van der Waals surface area contributed by atoms with Crippen molar-refractivity contribution in [2.75, 3.05) is 10.6 Å². The number of thiazole rings is 1. The first-order chi connectivity index (χ1) is 9.45. The molecule has 2 rings (SSSR count). The number of nitrogens with zero attached hydrogens (tertiary/aromatic N) is 1. The predicted octanol–water partition coefficient (Wildman–Crippen LogP) is 4.16. The topological polar surface area (TPSA) is 54.0 Å². The summed E-state index contributed by atoms with van der Waals surface area (Å²) in [4.78, 5) is 15.8. The van der Waals surface area contributed by atoms with Gasteiger partial charge in [0.25, 0.3) is 0 Å². The largest absolute Gasteiger partial charge is 0.380 e. The van der Waals surface area contributed by atoms with Crippen LogP contribution in [0.25, 0.3) is 0 Å². The summed E-state index contributed by atoms with van der Waals surface area (Å²) in [6, 6.07) is 2.80. The summed E-state index contributed by atoms with van der Waals surface area (Å²) in [5.41, 5.74) is 0.483. The lowest BCUT2D eigenvalue weighted by Gasteiger charge is -2.10. The second-order valence-corrected chi connectivity index (χ2v) is 6.03. The molecule has 0 fully saturated rings. The molecule has 0 bridgehead atoms. The van der Waals surface area contributed by atoms with Crippen molar-refractivity contribution >= 4 is 51.8 Å². The van der Waals surface area contributed by atoms with Gasteiger partial charge in [-0.05, 0) is 12.1 Å². The van der Waals surface area contributed by atoms with E-state index in [1.807, 2.05) is 0 Å². The Bertz CT molecular complexity index is 624. The molecule has 0 unspecified atom stereocenters. The first-order valence-corrected chi connectivity index (χ1v) is 7.13. The maximum atomic E-state index is 13.8. The fraction of sp³-hybridized carbons (Fsp3) is 0.167. The standard InChI is InChI=1S/C12H10Cl2FN3OS/c1-6(19)18-11-9(13)2-7(3-10(11)15)16-4-8-5-17-12(14)20-8/h2-3,5,16H,4H2,1H3,(H,18,19). The van der Waals surface area contributed by atoms with E-state index in [-0.39, 0.29) is 16.6 Å². The maximum Gasteiger partial charge on any atom is 0.221 e. The SMILES string of the molecule is CC(=O)Nc1c(F)cc(NCc2cnc(Cl)s2)cc1Cl. The van der Waals surface area contributed by atoms with Gasteiger partial charge in [0.15, 0.2) is 4.47 Å². The molecule has 106 valence electrons. The molecule has 2 N–H and O–H groups in total. The van der Waals surface area contributed by atoms with Crippen LogP contribution in [0.5, 0.6) is 0 Å². The van der Waals surface area contributed by atoms with Crippen molar-refractivity contribution in [3.8, 4) is 0 Å². The molecule has 1 amide bonds. The molecule has 20 heavy (non-hydrogen) atoms. The number of hydrogen-bond acceptors (Lipinski definition) is 4. The van der Waals surface area contributed by atoms with Gasteiger partial charge < -0.3 is 10.6 Å². The molecule has 1 aromatic heterocycles. The highest BCUT2D eigenvalue weighted by molar-refractivity contribution is 7.15. The van der Waals surface area contributed by atoms with Crippen LogP contribution in [0.1, 0.15) is 11.8 Å². The van der Waals surface area contributed by atoms with Crippen molar-refractivity contribution in [1.82, 2.24) is 4.98 Å². The summed E-state index contributed by atoms with van der Waals surface area (Å²) in [5, 5.41) is 5.49. The predicted molar refractivity (Wildman–Crippen MR) is 80.2 cm³/mol. The summed E-state index contributed by atoms with van der Waals surface area (Å²) in [6.07, 6.45) is 1.64. The first kappa shape index (κ1) is 15.0. The first-order valence-electron chi connectivity index (χ1n) is 5.56. The van der Waals surface area contributed by atoms with Gasteiger partial charge in [0.1, 0.15) is 5.82 Å². The number of amides is 1. The van der Waals surface area contributed by atoms with Crippen molar-refractivity contribution in [3.05, 3.63) is 38.5 Å². The molecule has 0 spiro atoms. The molecule has 0 aliphatic heterocycles. The molecule has 1 aromatic carbocycles. The summed E-state index contributed by atoms with van der Waals surface area (Å²) in [5.74, 6) is -0.983. The van der Waals surface area contributed by atoms with Crippen LogP contribution >= 0.6 is 34.5 Å². The smallest absolute Gasteiger partial charge is 0.221 e. The second kappa shape index (κ2) is 6.39. The Balaban J connectivity index is 2.11. The minimum Gasteiger partial charge on any atom is -0.380 e. The van der Waals surface area contributed by atoms with E-state index in [9.17, 15) is 9.18 Å². The molecule has 0 saturated heterocycles. The number of anilines is 2. The van der Waals surface area contributed by atoms with Gasteiger partial charge in [-0.1, -0.05) is 23.2 Å². The van der Waals surface area contributed by atoms with Crippen LogP contribution in [0.4, 0.5) is 15.8 Å². The van der Waals surface area contributed by atoms with E-state index < -0.39 is 5.82 Å². The fourth-order valence-corrected chi connectivity index (χ4v) is 2.70. The third kappa shape index (κ3) is 3.82. The van der Waals surface area contributed by atoms with Crippen molar-refractivity contribution in [2.45, 2.75) is 13.5 Å². The number of carbonyl (C=O) groups is 1. The van der Waals surface area contributed by atoms with Gasteiger partial charge in [-0.25, -0.2) is 9.37 Å². The Kier molecular flexibility index (Phi) is 4.80. The van der Waals surface area contributed by atoms with Crippen LogP contribution < -0.4 is 10.6 Å². The van der Waals surface area contributed by atoms with E-state index in [4.69, 9.17) is 23.2 Å². The van der Waals surface area contributed by atoms with Crippen molar-refractivity contribution in [3.63, 3.8) is 0 Å². The number of hydrogen-bond donors (Lipinski definition) is 2. The average Bonchev–Trinajstić information content (AvgIpc) is 2.77. The van der Waals surface area contributed by atoms with E-state index in [2.05, 4.69) is 15.6 Å². The van der Waals surface area contributed by atoms with Crippen molar-refractivity contribution in [1.29, 1.82) is 0 Å². The molecule has 4 nitrogen and oxygen atoms in total.